The van der Waals surface area contributed by atoms with Crippen molar-refractivity contribution < 1.29 is 18.3 Å². The van der Waals surface area contributed by atoms with Gasteiger partial charge in [0, 0.05) is 29.7 Å². The van der Waals surface area contributed by atoms with Gasteiger partial charge < -0.3 is 10.1 Å². The SMILES string of the molecule is Cc1nc(Oc2ccc(NC(=O)c3ccc(F)c(F)c3)cc2)cc(-n2ccnc2)n1. The van der Waals surface area contributed by atoms with E-state index in [1.54, 1.807) is 60.5 Å². The van der Waals surface area contributed by atoms with Crippen molar-refractivity contribution >= 4 is 11.6 Å². The van der Waals surface area contributed by atoms with Crippen molar-refractivity contribution in [2.45, 2.75) is 6.92 Å². The summed E-state index contributed by atoms with van der Waals surface area (Å²) in [6, 6.07) is 11.2. The number of carbonyl (C=O) groups is 1. The maximum atomic E-state index is 13.3. The Hall–Kier alpha value is -4.14. The van der Waals surface area contributed by atoms with Gasteiger partial charge in [-0.05, 0) is 49.4 Å². The highest BCUT2D eigenvalue weighted by atomic mass is 19.2. The predicted molar refractivity (Wildman–Crippen MR) is 105 cm³/mol. The molecule has 0 aliphatic carbocycles. The van der Waals surface area contributed by atoms with Crippen LogP contribution in [-0.4, -0.2) is 25.4 Å². The Morgan fingerprint density at radius 1 is 1.03 bits per heavy atom. The molecule has 0 saturated heterocycles. The van der Waals surface area contributed by atoms with Crippen molar-refractivity contribution in [1.29, 1.82) is 0 Å². The van der Waals surface area contributed by atoms with E-state index in [-0.39, 0.29) is 5.56 Å². The first-order valence-corrected chi connectivity index (χ1v) is 8.86. The third-order valence-corrected chi connectivity index (χ3v) is 4.09. The number of hydrogen-bond acceptors (Lipinski definition) is 5. The van der Waals surface area contributed by atoms with E-state index in [0.717, 1.165) is 12.1 Å². The number of hydrogen-bond donors (Lipinski definition) is 1. The van der Waals surface area contributed by atoms with E-state index in [2.05, 4.69) is 20.3 Å². The molecule has 0 atom stereocenters. The number of amides is 1. The number of benzene rings is 2. The van der Waals surface area contributed by atoms with Gasteiger partial charge in [-0.1, -0.05) is 0 Å². The molecule has 2 aromatic heterocycles. The van der Waals surface area contributed by atoms with Crippen LogP contribution >= 0.6 is 0 Å². The average Bonchev–Trinajstić information content (AvgIpc) is 3.26. The van der Waals surface area contributed by atoms with Crippen molar-refractivity contribution in [2.24, 2.45) is 0 Å². The van der Waals surface area contributed by atoms with Crippen molar-refractivity contribution in [2.75, 3.05) is 5.32 Å². The Morgan fingerprint density at radius 3 is 2.53 bits per heavy atom. The van der Waals surface area contributed by atoms with Crippen LogP contribution < -0.4 is 10.1 Å². The van der Waals surface area contributed by atoms with Gasteiger partial charge in [0.15, 0.2) is 11.6 Å². The molecular weight excluding hydrogens is 392 g/mol. The summed E-state index contributed by atoms with van der Waals surface area (Å²) in [5, 5.41) is 2.61. The summed E-state index contributed by atoms with van der Waals surface area (Å²) in [6.45, 7) is 1.75. The zero-order valence-electron chi connectivity index (χ0n) is 15.7. The van der Waals surface area contributed by atoms with E-state index in [1.807, 2.05) is 0 Å². The van der Waals surface area contributed by atoms with Crippen LogP contribution in [0, 0.1) is 18.6 Å². The topological polar surface area (TPSA) is 81.9 Å². The number of imidazole rings is 1. The average molecular weight is 407 g/mol. The minimum absolute atomic E-state index is 0.0118. The molecule has 0 unspecified atom stereocenters. The Balaban J connectivity index is 1.46. The van der Waals surface area contributed by atoms with Gasteiger partial charge in [-0.25, -0.2) is 18.7 Å². The molecule has 0 aliphatic rings. The van der Waals surface area contributed by atoms with Crippen LogP contribution in [0.25, 0.3) is 5.82 Å². The summed E-state index contributed by atoms with van der Waals surface area (Å²) in [7, 11) is 0. The van der Waals surface area contributed by atoms with Crippen LogP contribution in [-0.2, 0) is 0 Å². The van der Waals surface area contributed by atoms with Crippen LogP contribution in [0.15, 0.2) is 67.3 Å². The van der Waals surface area contributed by atoms with E-state index >= 15 is 0 Å². The fraction of sp³-hybridized carbons (Fsp3) is 0.0476. The molecule has 0 fully saturated rings. The zero-order valence-corrected chi connectivity index (χ0v) is 15.7. The normalized spacial score (nSPS) is 10.6. The van der Waals surface area contributed by atoms with Crippen LogP contribution in [0.2, 0.25) is 0 Å². The minimum Gasteiger partial charge on any atom is -0.439 e. The fourth-order valence-corrected chi connectivity index (χ4v) is 2.67. The standard InChI is InChI=1S/C21H15F2N5O2/c1-13-25-19(28-9-8-24-12-28)11-20(26-13)30-16-5-3-15(4-6-16)27-21(29)14-2-7-17(22)18(23)10-14/h2-12H,1H3,(H,27,29). The number of rotatable bonds is 5. The van der Waals surface area contributed by atoms with Gasteiger partial charge in [0.2, 0.25) is 5.88 Å². The Kier molecular flexibility index (Phi) is 5.17. The molecule has 4 rings (SSSR count). The lowest BCUT2D eigenvalue weighted by molar-refractivity contribution is 0.102. The summed E-state index contributed by atoms with van der Waals surface area (Å²) in [5.41, 5.74) is 0.479. The molecule has 1 N–H and O–H groups in total. The highest BCUT2D eigenvalue weighted by molar-refractivity contribution is 6.04. The number of ether oxygens (including phenoxy) is 1. The smallest absolute Gasteiger partial charge is 0.255 e. The van der Waals surface area contributed by atoms with Crippen LogP contribution in [0.3, 0.4) is 0 Å². The molecule has 30 heavy (non-hydrogen) atoms. The second kappa shape index (κ2) is 8.08. The lowest BCUT2D eigenvalue weighted by Gasteiger charge is -2.09. The lowest BCUT2D eigenvalue weighted by atomic mass is 10.2. The van der Waals surface area contributed by atoms with Gasteiger partial charge in [0.1, 0.15) is 23.7 Å². The van der Waals surface area contributed by atoms with Crippen molar-refractivity contribution in [1.82, 2.24) is 19.5 Å². The molecule has 0 radical (unpaired) electrons. The minimum atomic E-state index is -1.08. The van der Waals surface area contributed by atoms with Gasteiger partial charge in [-0.3, -0.25) is 9.36 Å². The van der Waals surface area contributed by atoms with E-state index < -0.39 is 17.5 Å². The molecule has 0 saturated carbocycles. The summed E-state index contributed by atoms with van der Waals surface area (Å²) < 4.78 is 33.8. The Bertz CT molecular complexity index is 1190. The molecule has 4 aromatic rings. The highest BCUT2D eigenvalue weighted by Gasteiger charge is 2.11. The Labute approximate surface area is 170 Å². The highest BCUT2D eigenvalue weighted by Crippen LogP contribution is 2.23. The molecule has 2 heterocycles. The van der Waals surface area contributed by atoms with Gasteiger partial charge in [0.05, 0.1) is 0 Å². The summed E-state index contributed by atoms with van der Waals surface area (Å²) >= 11 is 0. The molecule has 2 aromatic carbocycles. The number of aryl methyl sites for hydroxylation is 1. The fourth-order valence-electron chi connectivity index (χ4n) is 2.67. The first-order valence-electron chi connectivity index (χ1n) is 8.86. The number of nitrogens with one attached hydrogen (secondary N) is 1. The van der Waals surface area contributed by atoms with Crippen molar-refractivity contribution in [3.8, 4) is 17.4 Å². The molecular formula is C21H15F2N5O2. The largest absolute Gasteiger partial charge is 0.439 e. The second-order valence-electron chi connectivity index (χ2n) is 6.29. The van der Waals surface area contributed by atoms with Gasteiger partial charge in [-0.15, -0.1) is 0 Å². The quantitative estimate of drug-likeness (QED) is 0.534. The first-order chi connectivity index (χ1) is 14.5. The molecule has 1 amide bonds. The Morgan fingerprint density at radius 2 is 1.83 bits per heavy atom. The van der Waals surface area contributed by atoms with Gasteiger partial charge >= 0.3 is 0 Å². The number of nitrogens with zero attached hydrogens (tertiary/aromatic N) is 4. The maximum absolute atomic E-state index is 13.3. The third kappa shape index (κ3) is 4.30. The number of halogens is 2. The van der Waals surface area contributed by atoms with Gasteiger partial charge in [-0.2, -0.15) is 4.98 Å². The maximum Gasteiger partial charge on any atom is 0.255 e. The predicted octanol–water partition coefficient (Wildman–Crippen LogP) is 4.29. The molecule has 0 aliphatic heterocycles. The van der Waals surface area contributed by atoms with Crippen molar-refractivity contribution in [3.63, 3.8) is 0 Å². The lowest BCUT2D eigenvalue weighted by Crippen LogP contribution is -2.12. The number of anilines is 1. The molecule has 9 heteroatoms. The number of carbonyl (C=O) groups excluding carboxylic acids is 1. The molecule has 0 bridgehead atoms. The summed E-state index contributed by atoms with van der Waals surface area (Å²) in [6.07, 6.45) is 5.03. The van der Waals surface area contributed by atoms with Crippen molar-refractivity contribution in [3.05, 3.63) is 90.3 Å². The third-order valence-electron chi connectivity index (χ3n) is 4.09. The van der Waals surface area contributed by atoms with E-state index in [9.17, 15) is 13.6 Å². The number of aromatic nitrogens is 4. The van der Waals surface area contributed by atoms with Gasteiger partial charge in [0.25, 0.3) is 5.91 Å². The summed E-state index contributed by atoms with van der Waals surface area (Å²) in [5.74, 6) is -0.651. The van der Waals surface area contributed by atoms with Crippen LogP contribution in [0.4, 0.5) is 14.5 Å². The molecule has 7 nitrogen and oxygen atoms in total. The van der Waals surface area contributed by atoms with E-state index in [0.29, 0.717) is 29.0 Å². The zero-order chi connectivity index (χ0) is 21.1. The first kappa shape index (κ1) is 19.2. The monoisotopic (exact) mass is 407 g/mol. The molecule has 150 valence electrons. The second-order valence-corrected chi connectivity index (χ2v) is 6.29. The van der Waals surface area contributed by atoms with E-state index in [1.165, 1.54) is 6.07 Å². The van der Waals surface area contributed by atoms with Crippen LogP contribution in [0.5, 0.6) is 11.6 Å². The van der Waals surface area contributed by atoms with E-state index in [4.69, 9.17) is 4.74 Å². The summed E-state index contributed by atoms with van der Waals surface area (Å²) in [4.78, 5) is 24.8. The van der Waals surface area contributed by atoms with Crippen LogP contribution in [0.1, 0.15) is 16.2 Å². The molecule has 0 spiro atoms.